The summed E-state index contributed by atoms with van der Waals surface area (Å²) in [6, 6.07) is 14.3. The fraction of sp³-hybridized carbons (Fsp3) is 0.316. The Morgan fingerprint density at radius 2 is 1.83 bits per heavy atom. The van der Waals surface area contributed by atoms with E-state index in [9.17, 15) is 9.18 Å². The summed E-state index contributed by atoms with van der Waals surface area (Å²) in [4.78, 5) is 13.7. The fourth-order valence-electron chi connectivity index (χ4n) is 2.27. The van der Waals surface area contributed by atoms with Crippen LogP contribution in [0.1, 0.15) is 17.5 Å². The van der Waals surface area contributed by atoms with Gasteiger partial charge >= 0.3 is 0 Å². The molecule has 0 aliphatic carbocycles. The first-order valence-corrected chi connectivity index (χ1v) is 7.73. The van der Waals surface area contributed by atoms with Gasteiger partial charge in [-0.05, 0) is 36.6 Å². The van der Waals surface area contributed by atoms with E-state index in [0.717, 1.165) is 11.3 Å². The van der Waals surface area contributed by atoms with Crippen LogP contribution in [0.15, 0.2) is 48.5 Å². The minimum absolute atomic E-state index is 0.0124. The zero-order valence-corrected chi connectivity index (χ0v) is 13.6. The average molecular weight is 315 g/mol. The van der Waals surface area contributed by atoms with Gasteiger partial charge in [-0.15, -0.1) is 0 Å². The molecule has 0 heterocycles. The molecular formula is C19H22FNO2. The highest BCUT2D eigenvalue weighted by atomic mass is 19.1. The van der Waals surface area contributed by atoms with Gasteiger partial charge in [-0.25, -0.2) is 4.39 Å². The highest BCUT2D eigenvalue weighted by Gasteiger charge is 2.10. The molecule has 0 bridgehead atoms. The molecule has 4 heteroatoms. The predicted octanol–water partition coefficient (Wildman–Crippen LogP) is 3.60. The normalized spacial score (nSPS) is 10.4. The molecule has 0 fully saturated rings. The summed E-state index contributed by atoms with van der Waals surface area (Å²) in [5.74, 6) is 0.562. The largest absolute Gasteiger partial charge is 0.491 e. The van der Waals surface area contributed by atoms with Crippen molar-refractivity contribution in [2.75, 3.05) is 20.2 Å². The van der Waals surface area contributed by atoms with Gasteiger partial charge in [0.2, 0.25) is 5.91 Å². The summed E-state index contributed by atoms with van der Waals surface area (Å²) < 4.78 is 19.2. The quantitative estimate of drug-likeness (QED) is 0.781. The number of ether oxygens (including phenoxy) is 1. The van der Waals surface area contributed by atoms with E-state index in [2.05, 4.69) is 0 Å². The number of likely N-dealkylation sites (N-methyl/N-ethyl adjacent to an activating group) is 1. The van der Waals surface area contributed by atoms with Gasteiger partial charge in [-0.2, -0.15) is 0 Å². The van der Waals surface area contributed by atoms with E-state index < -0.39 is 0 Å². The highest BCUT2D eigenvalue weighted by Crippen LogP contribution is 2.16. The van der Waals surface area contributed by atoms with Gasteiger partial charge in [-0.3, -0.25) is 4.79 Å². The summed E-state index contributed by atoms with van der Waals surface area (Å²) >= 11 is 0. The number of rotatable bonds is 7. The van der Waals surface area contributed by atoms with Crippen LogP contribution < -0.4 is 4.74 Å². The van der Waals surface area contributed by atoms with Gasteiger partial charge in [0.15, 0.2) is 0 Å². The van der Waals surface area contributed by atoms with Crippen molar-refractivity contribution in [2.24, 2.45) is 0 Å². The lowest BCUT2D eigenvalue weighted by molar-refractivity contribution is -0.130. The number of nitrogens with zero attached hydrogens (tertiary/aromatic N) is 1. The van der Waals surface area contributed by atoms with Crippen molar-refractivity contribution >= 4 is 5.91 Å². The van der Waals surface area contributed by atoms with E-state index in [-0.39, 0.29) is 11.7 Å². The molecule has 0 saturated carbocycles. The topological polar surface area (TPSA) is 29.5 Å². The maximum atomic E-state index is 13.5. The van der Waals surface area contributed by atoms with Crippen LogP contribution in [-0.2, 0) is 11.2 Å². The molecule has 122 valence electrons. The predicted molar refractivity (Wildman–Crippen MR) is 89.0 cm³/mol. The van der Waals surface area contributed by atoms with Crippen LogP contribution in [0.4, 0.5) is 4.39 Å². The number of hydrogen-bond acceptors (Lipinski definition) is 2. The number of para-hydroxylation sites is 1. The molecule has 0 unspecified atom stereocenters. The molecule has 0 aliphatic rings. The Bertz CT molecular complexity index is 657. The van der Waals surface area contributed by atoms with Crippen LogP contribution in [0, 0.1) is 12.7 Å². The van der Waals surface area contributed by atoms with Crippen molar-refractivity contribution in [1.82, 2.24) is 4.90 Å². The Kier molecular flexibility index (Phi) is 6.15. The minimum Gasteiger partial charge on any atom is -0.491 e. The van der Waals surface area contributed by atoms with Gasteiger partial charge in [0, 0.05) is 13.5 Å². The van der Waals surface area contributed by atoms with Crippen molar-refractivity contribution in [3.05, 3.63) is 65.5 Å². The molecule has 2 rings (SSSR count). The summed E-state index contributed by atoms with van der Waals surface area (Å²) in [6.45, 7) is 2.93. The Morgan fingerprint density at radius 1 is 1.13 bits per heavy atom. The average Bonchev–Trinajstić information content (AvgIpc) is 2.55. The van der Waals surface area contributed by atoms with Crippen LogP contribution in [0.2, 0.25) is 0 Å². The first kappa shape index (κ1) is 17.0. The van der Waals surface area contributed by atoms with Gasteiger partial charge in [0.25, 0.3) is 0 Å². The van der Waals surface area contributed by atoms with Crippen LogP contribution in [0.5, 0.6) is 5.75 Å². The van der Waals surface area contributed by atoms with Crippen molar-refractivity contribution in [3.8, 4) is 5.75 Å². The van der Waals surface area contributed by atoms with Crippen molar-refractivity contribution in [2.45, 2.75) is 19.8 Å². The maximum Gasteiger partial charge on any atom is 0.222 e. The smallest absolute Gasteiger partial charge is 0.222 e. The Morgan fingerprint density at radius 3 is 2.57 bits per heavy atom. The van der Waals surface area contributed by atoms with E-state index in [1.54, 1.807) is 30.1 Å². The number of halogens is 1. The molecule has 0 aromatic heterocycles. The molecule has 0 saturated heterocycles. The third kappa shape index (κ3) is 5.09. The molecular weight excluding hydrogens is 293 g/mol. The minimum atomic E-state index is -0.258. The second-order valence-corrected chi connectivity index (χ2v) is 5.52. The highest BCUT2D eigenvalue weighted by molar-refractivity contribution is 5.76. The van der Waals surface area contributed by atoms with E-state index >= 15 is 0 Å². The van der Waals surface area contributed by atoms with E-state index in [0.29, 0.717) is 31.6 Å². The van der Waals surface area contributed by atoms with Gasteiger partial charge in [-0.1, -0.05) is 36.4 Å². The first-order valence-electron chi connectivity index (χ1n) is 7.73. The Hall–Kier alpha value is -2.36. The van der Waals surface area contributed by atoms with E-state index in [1.807, 2.05) is 31.2 Å². The molecule has 1 amide bonds. The summed E-state index contributed by atoms with van der Waals surface area (Å²) in [5, 5.41) is 0. The van der Waals surface area contributed by atoms with E-state index in [1.165, 1.54) is 6.07 Å². The Labute approximate surface area is 136 Å². The van der Waals surface area contributed by atoms with Crippen LogP contribution in [-0.4, -0.2) is 31.0 Å². The SMILES string of the molecule is Cc1ccccc1OCCN(C)C(=O)CCc1ccccc1F. The second-order valence-electron chi connectivity index (χ2n) is 5.52. The lowest BCUT2D eigenvalue weighted by atomic mass is 10.1. The standard InChI is InChI=1S/C19H22FNO2/c1-15-7-3-6-10-18(15)23-14-13-21(2)19(22)12-11-16-8-4-5-9-17(16)20/h3-10H,11-14H2,1-2H3. The third-order valence-electron chi connectivity index (χ3n) is 3.77. The van der Waals surface area contributed by atoms with Crippen molar-refractivity contribution in [3.63, 3.8) is 0 Å². The lowest BCUT2D eigenvalue weighted by Gasteiger charge is -2.18. The molecule has 0 radical (unpaired) electrons. The molecule has 0 N–H and O–H groups in total. The summed E-state index contributed by atoms with van der Waals surface area (Å²) in [6.07, 6.45) is 0.705. The maximum absolute atomic E-state index is 13.5. The fourth-order valence-corrected chi connectivity index (χ4v) is 2.27. The van der Waals surface area contributed by atoms with Gasteiger partial charge in [0.05, 0.1) is 6.54 Å². The molecule has 3 nitrogen and oxygen atoms in total. The number of aryl methyl sites for hydroxylation is 2. The number of benzene rings is 2. The zero-order chi connectivity index (χ0) is 16.7. The summed E-state index contributed by atoms with van der Waals surface area (Å²) in [5.41, 5.74) is 1.64. The van der Waals surface area contributed by atoms with E-state index in [4.69, 9.17) is 4.74 Å². The van der Waals surface area contributed by atoms with Crippen molar-refractivity contribution < 1.29 is 13.9 Å². The summed E-state index contributed by atoms with van der Waals surface area (Å²) in [7, 11) is 1.74. The van der Waals surface area contributed by atoms with Crippen LogP contribution in [0.3, 0.4) is 0 Å². The molecule has 0 aliphatic heterocycles. The van der Waals surface area contributed by atoms with Gasteiger partial charge < -0.3 is 9.64 Å². The van der Waals surface area contributed by atoms with Crippen LogP contribution in [0.25, 0.3) is 0 Å². The van der Waals surface area contributed by atoms with Crippen LogP contribution >= 0.6 is 0 Å². The molecule has 0 atom stereocenters. The Balaban J connectivity index is 1.75. The van der Waals surface area contributed by atoms with Gasteiger partial charge in [0.1, 0.15) is 18.2 Å². The number of hydrogen-bond donors (Lipinski definition) is 0. The number of carbonyl (C=O) groups is 1. The number of amides is 1. The third-order valence-corrected chi connectivity index (χ3v) is 3.77. The van der Waals surface area contributed by atoms with Crippen molar-refractivity contribution in [1.29, 1.82) is 0 Å². The molecule has 2 aromatic carbocycles. The lowest BCUT2D eigenvalue weighted by Crippen LogP contribution is -2.31. The first-order chi connectivity index (χ1) is 11.1. The molecule has 23 heavy (non-hydrogen) atoms. The second kappa shape index (κ2) is 8.32. The monoisotopic (exact) mass is 315 g/mol. The number of carbonyl (C=O) groups excluding carboxylic acids is 1. The molecule has 0 spiro atoms. The zero-order valence-electron chi connectivity index (χ0n) is 13.6. The molecule has 2 aromatic rings.